The number of nitrogens with zero attached hydrogens (tertiary/aromatic N) is 9. The maximum atomic E-state index is 14.9. The Morgan fingerprint density at radius 3 is 2.29 bits per heavy atom. The van der Waals surface area contributed by atoms with Gasteiger partial charge in [-0.25, -0.2) is 9.48 Å². The Hall–Kier alpha value is -5.53. The van der Waals surface area contributed by atoms with Gasteiger partial charge >= 0.3 is 6.09 Å². The van der Waals surface area contributed by atoms with Gasteiger partial charge in [-0.05, 0) is 82.5 Å². The molecule has 2 fully saturated rings. The molecule has 1 atom stereocenters. The molecule has 0 spiro atoms. The third-order valence-electron chi connectivity index (χ3n) is 10.9. The molecule has 3 aromatic heterocycles. The molecule has 0 aliphatic carbocycles. The van der Waals surface area contributed by atoms with Crippen LogP contribution in [-0.2, 0) is 21.6 Å². The number of hydrogen-bond acceptors (Lipinski definition) is 9. The second kappa shape index (κ2) is 15.2. The van der Waals surface area contributed by atoms with Crippen molar-refractivity contribution in [3.05, 3.63) is 108 Å². The highest BCUT2D eigenvalue weighted by Gasteiger charge is 2.48. The van der Waals surface area contributed by atoms with Gasteiger partial charge in [-0.15, -0.1) is 5.10 Å². The van der Waals surface area contributed by atoms with Gasteiger partial charge in [-0.1, -0.05) is 70.5 Å². The monoisotopic (exact) mass is 775 g/mol. The fraction of sp³-hybridized carbons (Fsp3) is 0.381. The summed E-state index contributed by atoms with van der Waals surface area (Å²) in [6.45, 7) is 11.0. The Bertz CT molecular complexity index is 2310. The van der Waals surface area contributed by atoms with Crippen molar-refractivity contribution in [3.8, 4) is 22.6 Å². The van der Waals surface area contributed by atoms with Gasteiger partial charge in [0.05, 0.1) is 18.8 Å². The van der Waals surface area contributed by atoms with E-state index in [4.69, 9.17) is 20.9 Å². The first kappa shape index (κ1) is 37.4. The average Bonchev–Trinajstić information content (AvgIpc) is 3.98. The summed E-state index contributed by atoms with van der Waals surface area (Å²) < 4.78 is 15.4. The van der Waals surface area contributed by atoms with Crippen LogP contribution in [0.3, 0.4) is 0 Å². The van der Waals surface area contributed by atoms with Crippen LogP contribution in [0.1, 0.15) is 58.2 Å². The lowest BCUT2D eigenvalue weighted by Crippen LogP contribution is -2.60. The number of rotatable bonds is 8. The SMILES string of the molecule is CC(c1nc(-c2ccc(Cl)cc2)no1)N1CCN(C(=O)C2(n3cc(Cn4c(-c5ccccc5)cc5ccccc54)nn3)CCN(C(=O)OC(C)(C)C)CC2)CC1. The second-order valence-electron chi connectivity index (χ2n) is 15.7. The summed E-state index contributed by atoms with van der Waals surface area (Å²) in [5.41, 5.74) is 3.17. The van der Waals surface area contributed by atoms with Gasteiger partial charge in [0.1, 0.15) is 16.8 Å². The highest BCUT2D eigenvalue weighted by Crippen LogP contribution is 2.35. The molecule has 2 aliphatic heterocycles. The zero-order valence-corrected chi connectivity index (χ0v) is 32.9. The molecule has 2 saturated heterocycles. The van der Waals surface area contributed by atoms with E-state index in [1.807, 2.05) is 81.3 Å². The number of piperidine rings is 1. The van der Waals surface area contributed by atoms with Crippen molar-refractivity contribution >= 4 is 34.5 Å². The molecular formula is C42H46ClN9O4. The van der Waals surface area contributed by atoms with Crippen LogP contribution in [0.2, 0.25) is 5.02 Å². The molecule has 0 saturated carbocycles. The molecule has 0 N–H and O–H groups in total. The fourth-order valence-electron chi connectivity index (χ4n) is 7.78. The Balaban J connectivity index is 1.03. The number of carbonyl (C=O) groups excluding carboxylic acids is 2. The van der Waals surface area contributed by atoms with E-state index in [-0.39, 0.29) is 18.0 Å². The summed E-state index contributed by atoms with van der Waals surface area (Å²) in [5, 5.41) is 15.3. The lowest BCUT2D eigenvalue weighted by atomic mass is 9.85. The molecular weight excluding hydrogens is 730 g/mol. The predicted octanol–water partition coefficient (Wildman–Crippen LogP) is 7.28. The molecule has 0 bridgehead atoms. The van der Waals surface area contributed by atoms with E-state index in [0.717, 1.165) is 33.4 Å². The van der Waals surface area contributed by atoms with E-state index in [2.05, 4.69) is 60.3 Å². The van der Waals surface area contributed by atoms with E-state index >= 15 is 0 Å². The van der Waals surface area contributed by atoms with Gasteiger partial charge in [-0.2, -0.15) is 4.98 Å². The summed E-state index contributed by atoms with van der Waals surface area (Å²) in [6.07, 6.45) is 2.29. The Kier molecular flexibility index (Phi) is 10.1. The number of fused-ring (bicyclic) bond motifs is 1. The van der Waals surface area contributed by atoms with Crippen LogP contribution in [0.15, 0.2) is 95.6 Å². The highest BCUT2D eigenvalue weighted by molar-refractivity contribution is 6.30. The maximum absolute atomic E-state index is 14.9. The topological polar surface area (TPSA) is 128 Å². The quantitative estimate of drug-likeness (QED) is 0.157. The molecule has 13 nitrogen and oxygen atoms in total. The van der Waals surface area contributed by atoms with Crippen molar-refractivity contribution in [2.24, 2.45) is 0 Å². The average molecular weight is 776 g/mol. The normalized spacial score (nSPS) is 16.9. The van der Waals surface area contributed by atoms with Crippen LogP contribution in [0.5, 0.6) is 0 Å². The van der Waals surface area contributed by atoms with E-state index in [0.29, 0.717) is 75.4 Å². The minimum atomic E-state index is -1.03. The Morgan fingerprint density at radius 1 is 0.875 bits per heavy atom. The number of carbonyl (C=O) groups is 2. The standard InChI is InChI=1S/C42H46ClN9O4/c1-29(38-44-37(46-56-38)31-14-16-33(43)17-15-31)48-22-24-49(25-23-48)39(53)42(18-20-50(21-19-42)40(54)55-41(2,3)4)52-28-34(45-47-52)27-51-35-13-9-8-12-32(35)26-36(51)30-10-6-5-7-11-30/h5-17,26,28-29H,18-25,27H2,1-4H3. The zero-order valence-electron chi connectivity index (χ0n) is 32.1. The van der Waals surface area contributed by atoms with E-state index < -0.39 is 11.1 Å². The summed E-state index contributed by atoms with van der Waals surface area (Å²) in [6, 6.07) is 28.0. The summed E-state index contributed by atoms with van der Waals surface area (Å²) in [4.78, 5) is 38.5. The number of piperazine rings is 1. The van der Waals surface area contributed by atoms with E-state index in [1.165, 1.54) is 0 Å². The van der Waals surface area contributed by atoms with Crippen molar-refractivity contribution in [2.75, 3.05) is 39.3 Å². The number of ether oxygens (including phenoxy) is 1. The van der Waals surface area contributed by atoms with E-state index in [1.54, 1.807) is 21.7 Å². The van der Waals surface area contributed by atoms with Crippen molar-refractivity contribution in [3.63, 3.8) is 0 Å². The zero-order chi connectivity index (χ0) is 39.0. The largest absolute Gasteiger partial charge is 0.444 e. The lowest BCUT2D eigenvalue weighted by molar-refractivity contribution is -0.146. The summed E-state index contributed by atoms with van der Waals surface area (Å²) in [5.74, 6) is 0.997. The Labute approximate surface area is 330 Å². The third kappa shape index (κ3) is 7.53. The number of halogens is 1. The van der Waals surface area contributed by atoms with Crippen molar-refractivity contribution in [2.45, 2.75) is 64.3 Å². The van der Waals surface area contributed by atoms with Gasteiger partial charge in [0, 0.05) is 66.5 Å². The van der Waals surface area contributed by atoms with Crippen LogP contribution in [-0.4, -0.2) is 101 Å². The highest BCUT2D eigenvalue weighted by atomic mass is 35.5. The first-order chi connectivity index (χ1) is 27.0. The van der Waals surface area contributed by atoms with E-state index in [9.17, 15) is 9.59 Å². The molecule has 1 unspecified atom stereocenters. The smallest absolute Gasteiger partial charge is 0.410 e. The number of amides is 2. The second-order valence-corrected chi connectivity index (χ2v) is 16.1. The number of hydrogen-bond donors (Lipinski definition) is 0. The first-order valence-corrected chi connectivity index (χ1v) is 19.5. The number of benzene rings is 3. The van der Waals surface area contributed by atoms with Gasteiger partial charge in [0.2, 0.25) is 11.7 Å². The number of para-hydroxylation sites is 1. The van der Waals surface area contributed by atoms with Crippen LogP contribution in [0.25, 0.3) is 33.5 Å². The lowest BCUT2D eigenvalue weighted by Gasteiger charge is -2.45. The minimum absolute atomic E-state index is 0.0238. The molecule has 6 aromatic rings. The summed E-state index contributed by atoms with van der Waals surface area (Å²) in [7, 11) is 0. The van der Waals surface area contributed by atoms with Crippen LogP contribution < -0.4 is 0 Å². The summed E-state index contributed by atoms with van der Waals surface area (Å²) >= 11 is 6.06. The van der Waals surface area contributed by atoms with Crippen molar-refractivity contribution < 1.29 is 18.8 Å². The minimum Gasteiger partial charge on any atom is -0.444 e. The van der Waals surface area contributed by atoms with Crippen LogP contribution in [0, 0.1) is 0 Å². The third-order valence-corrected chi connectivity index (χ3v) is 11.1. The molecule has 56 heavy (non-hydrogen) atoms. The molecule has 2 amide bonds. The van der Waals surface area contributed by atoms with Gasteiger partial charge in [0.15, 0.2) is 0 Å². The molecule has 2 aliphatic rings. The molecule has 3 aromatic carbocycles. The molecule has 0 radical (unpaired) electrons. The molecule has 5 heterocycles. The van der Waals surface area contributed by atoms with Crippen LogP contribution in [0.4, 0.5) is 4.79 Å². The van der Waals surface area contributed by atoms with Crippen LogP contribution >= 0.6 is 11.6 Å². The van der Waals surface area contributed by atoms with Gasteiger partial charge in [0.25, 0.3) is 5.91 Å². The number of aromatic nitrogens is 6. The molecule has 14 heteroatoms. The predicted molar refractivity (Wildman–Crippen MR) is 213 cm³/mol. The van der Waals surface area contributed by atoms with Gasteiger partial charge in [-0.3, -0.25) is 9.69 Å². The van der Waals surface area contributed by atoms with Gasteiger partial charge < -0.3 is 23.6 Å². The molecule has 290 valence electrons. The first-order valence-electron chi connectivity index (χ1n) is 19.1. The van der Waals surface area contributed by atoms with Crippen molar-refractivity contribution in [1.82, 2.24) is 44.4 Å². The Morgan fingerprint density at radius 2 is 1.57 bits per heavy atom. The van der Waals surface area contributed by atoms with Crippen molar-refractivity contribution in [1.29, 1.82) is 0 Å². The number of likely N-dealkylation sites (tertiary alicyclic amines) is 1. The fourth-order valence-corrected chi connectivity index (χ4v) is 7.91. The maximum Gasteiger partial charge on any atom is 0.410 e. The molecule has 8 rings (SSSR count).